The fourth-order valence-electron chi connectivity index (χ4n) is 3.26. The van der Waals surface area contributed by atoms with Gasteiger partial charge in [0, 0.05) is 41.8 Å². The van der Waals surface area contributed by atoms with Gasteiger partial charge in [-0.25, -0.2) is 9.97 Å². The van der Waals surface area contributed by atoms with Gasteiger partial charge in [0.1, 0.15) is 5.03 Å². The molecule has 0 atom stereocenters. The number of fused-ring (bicyclic) bond motifs is 3. The number of rotatable bonds is 2. The van der Waals surface area contributed by atoms with Crippen LogP contribution >= 0.6 is 23.1 Å². The topological polar surface area (TPSA) is 41.1 Å². The zero-order chi connectivity index (χ0) is 15.9. The molecule has 0 amide bonds. The molecule has 0 saturated carbocycles. The van der Waals surface area contributed by atoms with Crippen LogP contribution in [-0.2, 0) is 19.5 Å². The molecule has 24 heavy (non-hydrogen) atoms. The molecule has 0 spiro atoms. The van der Waals surface area contributed by atoms with Gasteiger partial charge in [-0.2, -0.15) is 0 Å². The summed E-state index contributed by atoms with van der Waals surface area (Å²) in [6, 6.07) is 8.96. The highest BCUT2D eigenvalue weighted by molar-refractivity contribution is 7.99. The minimum absolute atomic E-state index is 0.855. The highest BCUT2D eigenvalue weighted by Gasteiger charge is 2.20. The van der Waals surface area contributed by atoms with Gasteiger partial charge in [0.15, 0.2) is 5.82 Å². The molecule has 0 radical (unpaired) electrons. The first kappa shape index (κ1) is 14.5. The first-order chi connectivity index (χ1) is 11.8. The fraction of sp³-hybridized carbons (Fsp3) is 0.222. The quantitative estimate of drug-likeness (QED) is 0.582. The SMILES string of the molecule is c1cnc2c(n1)Nc1cc(CN3CCc4ccsc4C3)ccc1S2. The number of hydrogen-bond donors (Lipinski definition) is 1. The monoisotopic (exact) mass is 352 g/mol. The molecule has 5 rings (SSSR count). The van der Waals surface area contributed by atoms with Gasteiger partial charge in [0.2, 0.25) is 0 Å². The Balaban J connectivity index is 1.36. The minimum atomic E-state index is 0.855. The van der Waals surface area contributed by atoms with Crippen LogP contribution in [0.15, 0.2) is 52.0 Å². The molecule has 2 aromatic heterocycles. The average Bonchev–Trinajstić information content (AvgIpc) is 3.08. The number of anilines is 2. The third kappa shape index (κ3) is 2.60. The molecule has 0 fully saturated rings. The molecule has 2 aliphatic heterocycles. The predicted octanol–water partition coefficient (Wildman–Crippen LogP) is 4.30. The van der Waals surface area contributed by atoms with Crippen molar-refractivity contribution in [3.05, 3.63) is 58.0 Å². The molecule has 1 N–H and O–H groups in total. The molecule has 1 aromatic carbocycles. The van der Waals surface area contributed by atoms with E-state index in [-0.39, 0.29) is 0 Å². The predicted molar refractivity (Wildman–Crippen MR) is 98.0 cm³/mol. The van der Waals surface area contributed by atoms with Crippen LogP contribution < -0.4 is 5.32 Å². The Morgan fingerprint density at radius 2 is 2.12 bits per heavy atom. The van der Waals surface area contributed by atoms with Gasteiger partial charge in [-0.3, -0.25) is 4.90 Å². The van der Waals surface area contributed by atoms with Crippen molar-refractivity contribution in [2.24, 2.45) is 0 Å². The van der Waals surface area contributed by atoms with E-state index in [1.54, 1.807) is 24.2 Å². The van der Waals surface area contributed by atoms with Crippen LogP contribution in [0.2, 0.25) is 0 Å². The van der Waals surface area contributed by atoms with Crippen molar-refractivity contribution in [1.29, 1.82) is 0 Å². The average molecular weight is 352 g/mol. The maximum Gasteiger partial charge on any atom is 0.163 e. The minimum Gasteiger partial charge on any atom is -0.337 e. The van der Waals surface area contributed by atoms with Crippen LogP contribution in [0.1, 0.15) is 16.0 Å². The number of nitrogens with zero attached hydrogens (tertiary/aromatic N) is 3. The molecule has 0 bridgehead atoms. The summed E-state index contributed by atoms with van der Waals surface area (Å²) in [5.74, 6) is 0.855. The molecular weight excluding hydrogens is 336 g/mol. The van der Waals surface area contributed by atoms with E-state index in [1.807, 2.05) is 11.3 Å². The zero-order valence-electron chi connectivity index (χ0n) is 13.0. The van der Waals surface area contributed by atoms with Crippen LogP contribution in [0.4, 0.5) is 11.5 Å². The van der Waals surface area contributed by atoms with Gasteiger partial charge in [0.25, 0.3) is 0 Å². The second-order valence-corrected chi connectivity index (χ2v) is 8.13. The Morgan fingerprint density at radius 1 is 1.17 bits per heavy atom. The summed E-state index contributed by atoms with van der Waals surface area (Å²) in [5, 5.41) is 6.58. The molecule has 6 heteroatoms. The highest BCUT2D eigenvalue weighted by atomic mass is 32.2. The molecule has 2 aliphatic rings. The zero-order valence-corrected chi connectivity index (χ0v) is 14.7. The lowest BCUT2D eigenvalue weighted by Gasteiger charge is -2.27. The molecule has 4 heterocycles. The first-order valence-electron chi connectivity index (χ1n) is 8.01. The Hall–Kier alpha value is -1.89. The van der Waals surface area contributed by atoms with E-state index in [1.165, 1.54) is 27.3 Å². The van der Waals surface area contributed by atoms with E-state index in [2.05, 4.69) is 49.8 Å². The van der Waals surface area contributed by atoms with Crippen LogP contribution in [0.3, 0.4) is 0 Å². The molecule has 0 aliphatic carbocycles. The third-order valence-electron chi connectivity index (χ3n) is 4.48. The Kier molecular flexibility index (Phi) is 3.54. The van der Waals surface area contributed by atoms with E-state index >= 15 is 0 Å². The summed E-state index contributed by atoms with van der Waals surface area (Å²) in [7, 11) is 0. The largest absolute Gasteiger partial charge is 0.337 e. The van der Waals surface area contributed by atoms with Gasteiger partial charge < -0.3 is 5.32 Å². The van der Waals surface area contributed by atoms with Crippen LogP contribution in [0, 0.1) is 0 Å². The van der Waals surface area contributed by atoms with Crippen LogP contribution in [-0.4, -0.2) is 21.4 Å². The van der Waals surface area contributed by atoms with E-state index in [0.29, 0.717) is 0 Å². The first-order valence-corrected chi connectivity index (χ1v) is 9.71. The van der Waals surface area contributed by atoms with E-state index in [9.17, 15) is 0 Å². The van der Waals surface area contributed by atoms with Crippen LogP contribution in [0.25, 0.3) is 0 Å². The molecule has 0 saturated heterocycles. The maximum atomic E-state index is 4.38. The Labute approximate surface area is 149 Å². The lowest BCUT2D eigenvalue weighted by atomic mass is 10.1. The van der Waals surface area contributed by atoms with Gasteiger partial charge in [-0.05, 0) is 41.1 Å². The number of benzene rings is 1. The van der Waals surface area contributed by atoms with E-state index in [0.717, 1.165) is 36.2 Å². The van der Waals surface area contributed by atoms with E-state index < -0.39 is 0 Å². The van der Waals surface area contributed by atoms with Crippen molar-refractivity contribution in [3.8, 4) is 0 Å². The number of nitrogens with one attached hydrogen (secondary N) is 1. The van der Waals surface area contributed by atoms with Gasteiger partial charge >= 0.3 is 0 Å². The molecule has 120 valence electrons. The van der Waals surface area contributed by atoms with Crippen molar-refractivity contribution < 1.29 is 0 Å². The van der Waals surface area contributed by atoms with Crippen molar-refractivity contribution in [3.63, 3.8) is 0 Å². The fourth-order valence-corrected chi connectivity index (χ4v) is 5.12. The second kappa shape index (κ2) is 5.88. The summed E-state index contributed by atoms with van der Waals surface area (Å²) >= 11 is 3.56. The Bertz CT molecular complexity index is 906. The summed E-state index contributed by atoms with van der Waals surface area (Å²) in [4.78, 5) is 14.0. The lowest BCUT2D eigenvalue weighted by molar-refractivity contribution is 0.249. The van der Waals surface area contributed by atoms with Crippen LogP contribution in [0.5, 0.6) is 0 Å². The number of hydrogen-bond acceptors (Lipinski definition) is 6. The number of thiophene rings is 1. The van der Waals surface area contributed by atoms with Crippen molar-refractivity contribution in [1.82, 2.24) is 14.9 Å². The number of aromatic nitrogens is 2. The van der Waals surface area contributed by atoms with Crippen molar-refractivity contribution >= 4 is 34.6 Å². The van der Waals surface area contributed by atoms with Gasteiger partial charge in [0.05, 0.1) is 5.69 Å². The molecule has 3 aromatic rings. The molecule has 0 unspecified atom stereocenters. The lowest BCUT2D eigenvalue weighted by Crippen LogP contribution is -2.29. The van der Waals surface area contributed by atoms with Gasteiger partial charge in [-0.1, -0.05) is 17.8 Å². The Morgan fingerprint density at radius 3 is 3.12 bits per heavy atom. The van der Waals surface area contributed by atoms with E-state index in [4.69, 9.17) is 0 Å². The van der Waals surface area contributed by atoms with Crippen molar-refractivity contribution in [2.75, 3.05) is 11.9 Å². The summed E-state index contributed by atoms with van der Waals surface area (Å²) in [6.07, 6.45) is 4.64. The maximum absolute atomic E-state index is 4.38. The normalized spacial score (nSPS) is 16.0. The smallest absolute Gasteiger partial charge is 0.163 e. The summed E-state index contributed by atoms with van der Waals surface area (Å²) in [6.45, 7) is 3.20. The molecule has 4 nitrogen and oxygen atoms in total. The van der Waals surface area contributed by atoms with Crippen molar-refractivity contribution in [2.45, 2.75) is 29.4 Å². The standard InChI is InChI=1S/C18H16N4S2/c1-2-15-14(21-17-18(24-15)20-6-5-19-17)9-12(1)10-22-7-3-13-4-8-23-16(13)11-22/h1-2,4-6,8-9H,3,7,10-11H2,(H,19,21). The third-order valence-corrected chi connectivity index (χ3v) is 6.49. The summed E-state index contributed by atoms with van der Waals surface area (Å²) in [5.41, 5.74) is 4.02. The second-order valence-electron chi connectivity index (χ2n) is 6.10. The molecular formula is C18H16N4S2. The summed E-state index contributed by atoms with van der Waals surface area (Å²) < 4.78 is 0. The highest BCUT2D eigenvalue weighted by Crippen LogP contribution is 2.42. The van der Waals surface area contributed by atoms with Gasteiger partial charge in [-0.15, -0.1) is 11.3 Å².